The highest BCUT2D eigenvalue weighted by atomic mass is 79.9. The van der Waals surface area contributed by atoms with Crippen molar-refractivity contribution in [3.63, 3.8) is 0 Å². The van der Waals surface area contributed by atoms with Crippen molar-refractivity contribution < 1.29 is 9.59 Å². The zero-order valence-electron chi connectivity index (χ0n) is 8.06. The molecule has 4 nitrogen and oxygen atoms in total. The van der Waals surface area contributed by atoms with Crippen molar-refractivity contribution in [1.29, 1.82) is 0 Å². The molecule has 1 N–H and O–H groups in total. The predicted octanol–water partition coefficient (Wildman–Crippen LogP) is 0.0792. The normalized spacial score (nSPS) is 19.4. The molecule has 0 spiro atoms. The Morgan fingerprint density at radius 3 is 2.86 bits per heavy atom. The van der Waals surface area contributed by atoms with Gasteiger partial charge >= 0.3 is 0 Å². The molecule has 0 radical (unpaired) electrons. The van der Waals surface area contributed by atoms with Gasteiger partial charge in [0.05, 0.1) is 0 Å². The molecule has 14 heavy (non-hydrogen) atoms. The van der Waals surface area contributed by atoms with E-state index in [4.69, 9.17) is 0 Å². The fourth-order valence-electron chi connectivity index (χ4n) is 1.36. The molecule has 0 aromatic carbocycles. The van der Waals surface area contributed by atoms with E-state index in [9.17, 15) is 9.59 Å². The van der Waals surface area contributed by atoms with Crippen molar-refractivity contribution in [2.24, 2.45) is 0 Å². The molecule has 0 atom stereocenters. The van der Waals surface area contributed by atoms with Crippen molar-refractivity contribution in [2.75, 3.05) is 13.1 Å². The predicted molar refractivity (Wildman–Crippen MR) is 55.5 cm³/mol. The molecule has 2 amide bonds. The molecular formula is C9H11BrN2O2. The number of hydrogen-bond acceptors (Lipinski definition) is 2. The summed E-state index contributed by atoms with van der Waals surface area (Å²) < 4.78 is 0. The SMILES string of the molecule is CC1(C)C(=O)NCCN1C(=O)C#CBr. The average Bonchev–Trinajstić information content (AvgIpc) is 2.10. The summed E-state index contributed by atoms with van der Waals surface area (Å²) in [5.41, 5.74) is -0.813. The van der Waals surface area contributed by atoms with Gasteiger partial charge in [-0.05, 0) is 18.7 Å². The van der Waals surface area contributed by atoms with Gasteiger partial charge in [-0.1, -0.05) is 0 Å². The summed E-state index contributed by atoms with van der Waals surface area (Å²) in [5.74, 6) is 1.89. The Hall–Kier alpha value is -1.02. The highest BCUT2D eigenvalue weighted by molar-refractivity contribution is 9.12. The van der Waals surface area contributed by atoms with E-state index in [-0.39, 0.29) is 11.8 Å². The van der Waals surface area contributed by atoms with E-state index >= 15 is 0 Å². The molecule has 0 saturated carbocycles. The molecule has 0 aromatic rings. The average molecular weight is 259 g/mol. The van der Waals surface area contributed by atoms with Crippen LogP contribution in [0.3, 0.4) is 0 Å². The molecule has 0 aliphatic carbocycles. The molecule has 1 aliphatic rings. The van der Waals surface area contributed by atoms with Crippen LogP contribution in [0.1, 0.15) is 13.8 Å². The van der Waals surface area contributed by atoms with Crippen molar-refractivity contribution in [1.82, 2.24) is 10.2 Å². The Bertz CT molecular complexity index is 327. The fourth-order valence-corrected chi connectivity index (χ4v) is 1.53. The Balaban J connectivity index is 2.90. The van der Waals surface area contributed by atoms with Gasteiger partial charge in [0, 0.05) is 34.9 Å². The first-order valence-corrected chi connectivity index (χ1v) is 5.01. The number of nitrogens with zero attached hydrogens (tertiary/aromatic N) is 1. The van der Waals surface area contributed by atoms with Crippen LogP contribution in [-0.2, 0) is 9.59 Å². The van der Waals surface area contributed by atoms with Crippen molar-refractivity contribution >= 4 is 27.7 Å². The highest BCUT2D eigenvalue weighted by Crippen LogP contribution is 2.17. The van der Waals surface area contributed by atoms with Gasteiger partial charge in [0.25, 0.3) is 5.91 Å². The molecule has 1 rings (SSSR count). The molecule has 1 heterocycles. The topological polar surface area (TPSA) is 49.4 Å². The van der Waals surface area contributed by atoms with Gasteiger partial charge < -0.3 is 10.2 Å². The molecule has 0 bridgehead atoms. The number of rotatable bonds is 0. The zero-order chi connectivity index (χ0) is 10.8. The second-order valence-electron chi connectivity index (χ2n) is 3.49. The number of carbonyl (C=O) groups excluding carboxylic acids is 2. The number of halogens is 1. The minimum absolute atomic E-state index is 0.145. The van der Waals surface area contributed by atoms with Crippen LogP contribution in [-0.4, -0.2) is 35.3 Å². The third kappa shape index (κ3) is 1.90. The van der Waals surface area contributed by atoms with Crippen LogP contribution in [0.15, 0.2) is 0 Å². The summed E-state index contributed by atoms with van der Waals surface area (Å²) in [4.78, 5) is 26.8. The number of amides is 2. The van der Waals surface area contributed by atoms with Crippen LogP contribution in [0.4, 0.5) is 0 Å². The minimum Gasteiger partial charge on any atom is -0.352 e. The van der Waals surface area contributed by atoms with E-state index in [2.05, 4.69) is 32.0 Å². The smallest absolute Gasteiger partial charge is 0.300 e. The Morgan fingerprint density at radius 1 is 1.64 bits per heavy atom. The van der Waals surface area contributed by atoms with Crippen LogP contribution < -0.4 is 5.32 Å². The molecular weight excluding hydrogens is 248 g/mol. The summed E-state index contributed by atoms with van der Waals surface area (Å²) >= 11 is 2.86. The largest absolute Gasteiger partial charge is 0.352 e. The Morgan fingerprint density at radius 2 is 2.29 bits per heavy atom. The quantitative estimate of drug-likeness (QED) is 0.626. The van der Waals surface area contributed by atoms with E-state index in [0.717, 1.165) is 0 Å². The fraction of sp³-hybridized carbons (Fsp3) is 0.556. The standard InChI is InChI=1S/C9H11BrN2O2/c1-9(2)8(14)11-5-6-12(9)7(13)3-4-10/h5-6H2,1-2H3,(H,11,14). The van der Waals surface area contributed by atoms with Crippen LogP contribution >= 0.6 is 15.9 Å². The lowest BCUT2D eigenvalue weighted by Gasteiger charge is -2.39. The van der Waals surface area contributed by atoms with E-state index in [1.54, 1.807) is 13.8 Å². The molecule has 1 aliphatic heterocycles. The van der Waals surface area contributed by atoms with Gasteiger partial charge in [0.1, 0.15) is 5.54 Å². The minimum atomic E-state index is -0.813. The van der Waals surface area contributed by atoms with Crippen LogP contribution in [0.25, 0.3) is 0 Å². The lowest BCUT2D eigenvalue weighted by Crippen LogP contribution is -2.63. The number of piperazine rings is 1. The molecule has 1 fully saturated rings. The lowest BCUT2D eigenvalue weighted by molar-refractivity contribution is -0.145. The molecule has 0 aromatic heterocycles. The van der Waals surface area contributed by atoms with Crippen LogP contribution in [0.5, 0.6) is 0 Å². The van der Waals surface area contributed by atoms with Gasteiger partial charge in [-0.15, -0.1) is 0 Å². The van der Waals surface area contributed by atoms with E-state index in [0.29, 0.717) is 13.1 Å². The number of nitrogens with one attached hydrogen (secondary N) is 1. The Labute approximate surface area is 91.2 Å². The highest BCUT2D eigenvalue weighted by Gasteiger charge is 2.39. The van der Waals surface area contributed by atoms with Gasteiger partial charge in [0.2, 0.25) is 5.91 Å². The van der Waals surface area contributed by atoms with Gasteiger partial charge in [-0.2, -0.15) is 0 Å². The Kier molecular flexibility index (Phi) is 3.17. The molecule has 0 unspecified atom stereocenters. The lowest BCUT2D eigenvalue weighted by atomic mass is 9.99. The molecule has 5 heteroatoms. The van der Waals surface area contributed by atoms with E-state index in [1.165, 1.54) is 4.90 Å². The van der Waals surface area contributed by atoms with Crippen molar-refractivity contribution in [3.05, 3.63) is 0 Å². The van der Waals surface area contributed by atoms with Gasteiger partial charge in [0.15, 0.2) is 0 Å². The van der Waals surface area contributed by atoms with Crippen molar-refractivity contribution in [3.8, 4) is 10.8 Å². The number of hydrogen-bond donors (Lipinski definition) is 1. The first-order chi connectivity index (χ1) is 6.50. The first kappa shape index (κ1) is 11.1. The maximum atomic E-state index is 11.5. The summed E-state index contributed by atoms with van der Waals surface area (Å²) in [6, 6.07) is 0. The van der Waals surface area contributed by atoms with E-state index < -0.39 is 5.54 Å². The summed E-state index contributed by atoms with van der Waals surface area (Å²) in [6.45, 7) is 4.39. The van der Waals surface area contributed by atoms with Crippen molar-refractivity contribution in [2.45, 2.75) is 19.4 Å². The second kappa shape index (κ2) is 4.01. The second-order valence-corrected chi connectivity index (χ2v) is 3.89. The summed E-state index contributed by atoms with van der Waals surface area (Å²) in [5, 5.41) is 2.71. The molecule has 76 valence electrons. The van der Waals surface area contributed by atoms with Gasteiger partial charge in [-0.25, -0.2) is 0 Å². The third-order valence-electron chi connectivity index (χ3n) is 2.25. The first-order valence-electron chi connectivity index (χ1n) is 4.21. The zero-order valence-corrected chi connectivity index (χ0v) is 9.64. The maximum absolute atomic E-state index is 11.5. The molecule has 1 saturated heterocycles. The van der Waals surface area contributed by atoms with E-state index in [1.807, 2.05) is 0 Å². The van der Waals surface area contributed by atoms with Crippen LogP contribution in [0.2, 0.25) is 0 Å². The van der Waals surface area contributed by atoms with Crippen LogP contribution in [0, 0.1) is 10.8 Å². The van der Waals surface area contributed by atoms with Gasteiger partial charge in [-0.3, -0.25) is 9.59 Å². The summed E-state index contributed by atoms with van der Waals surface area (Å²) in [6.07, 6.45) is 0. The maximum Gasteiger partial charge on any atom is 0.300 e. The summed E-state index contributed by atoms with van der Waals surface area (Å²) in [7, 11) is 0. The number of carbonyl (C=O) groups is 2. The monoisotopic (exact) mass is 258 g/mol. The third-order valence-corrected chi connectivity index (χ3v) is 2.45.